The fourth-order valence-corrected chi connectivity index (χ4v) is 2.34. The highest BCUT2D eigenvalue weighted by molar-refractivity contribution is 9.10. The molecule has 0 saturated heterocycles. The largest absolute Gasteiger partial charge is 0.380 e. The van der Waals surface area contributed by atoms with Gasteiger partial charge >= 0.3 is 0 Å². The van der Waals surface area contributed by atoms with Crippen molar-refractivity contribution in [1.29, 1.82) is 0 Å². The van der Waals surface area contributed by atoms with Gasteiger partial charge in [0.25, 0.3) is 0 Å². The molecule has 0 bridgehead atoms. The second-order valence-corrected chi connectivity index (χ2v) is 5.67. The van der Waals surface area contributed by atoms with Gasteiger partial charge in [0.2, 0.25) is 0 Å². The van der Waals surface area contributed by atoms with Crippen LogP contribution in [0, 0.1) is 11.6 Å². The Morgan fingerprint density at radius 3 is 2.50 bits per heavy atom. The number of aryl methyl sites for hydroxylation is 1. The molecule has 1 N–H and O–H groups in total. The van der Waals surface area contributed by atoms with Gasteiger partial charge in [-0.25, -0.2) is 8.78 Å². The SMILES string of the molecule is CC(CCc1ccccc1)Nc1cc(Br)c(F)cc1F. The van der Waals surface area contributed by atoms with E-state index in [0.717, 1.165) is 18.9 Å². The summed E-state index contributed by atoms with van der Waals surface area (Å²) in [6, 6.07) is 12.6. The van der Waals surface area contributed by atoms with Gasteiger partial charge in [-0.15, -0.1) is 0 Å². The second kappa shape index (κ2) is 6.84. The Labute approximate surface area is 126 Å². The van der Waals surface area contributed by atoms with E-state index in [2.05, 4.69) is 33.4 Å². The van der Waals surface area contributed by atoms with Crippen LogP contribution in [0.4, 0.5) is 14.5 Å². The van der Waals surface area contributed by atoms with Gasteiger partial charge in [-0.2, -0.15) is 0 Å². The quantitative estimate of drug-likeness (QED) is 0.742. The predicted octanol–water partition coefficient (Wildman–Crippen LogP) is 5.16. The molecule has 0 aliphatic heterocycles. The van der Waals surface area contributed by atoms with Crippen LogP contribution in [0.3, 0.4) is 0 Å². The molecule has 0 aromatic heterocycles. The highest BCUT2D eigenvalue weighted by Gasteiger charge is 2.10. The topological polar surface area (TPSA) is 12.0 Å². The highest BCUT2D eigenvalue weighted by Crippen LogP contribution is 2.24. The first-order valence-electron chi connectivity index (χ1n) is 6.51. The molecule has 2 rings (SSSR count). The number of rotatable bonds is 5. The molecule has 0 aliphatic rings. The van der Waals surface area contributed by atoms with Crippen LogP contribution >= 0.6 is 15.9 Å². The zero-order chi connectivity index (χ0) is 14.5. The standard InChI is InChI=1S/C16H16BrF2N/c1-11(7-8-12-5-3-2-4-6-12)20-16-9-13(17)14(18)10-15(16)19/h2-6,9-11,20H,7-8H2,1H3. The third-order valence-electron chi connectivity index (χ3n) is 3.12. The van der Waals surface area contributed by atoms with Crippen LogP contribution in [0.5, 0.6) is 0 Å². The molecule has 0 radical (unpaired) electrons. The average Bonchev–Trinajstić information content (AvgIpc) is 2.44. The molecule has 2 aromatic rings. The van der Waals surface area contributed by atoms with Crippen LogP contribution in [0.15, 0.2) is 46.9 Å². The Morgan fingerprint density at radius 1 is 1.10 bits per heavy atom. The fourth-order valence-electron chi connectivity index (χ4n) is 2.00. The van der Waals surface area contributed by atoms with E-state index in [0.29, 0.717) is 5.69 Å². The van der Waals surface area contributed by atoms with Crippen LogP contribution in [0.2, 0.25) is 0 Å². The minimum Gasteiger partial charge on any atom is -0.380 e. The molecule has 20 heavy (non-hydrogen) atoms. The van der Waals surface area contributed by atoms with Crippen LogP contribution in [0.1, 0.15) is 18.9 Å². The maximum absolute atomic E-state index is 13.6. The van der Waals surface area contributed by atoms with Gasteiger partial charge in [-0.05, 0) is 47.3 Å². The second-order valence-electron chi connectivity index (χ2n) is 4.82. The number of halogens is 3. The molecule has 0 heterocycles. The van der Waals surface area contributed by atoms with Gasteiger partial charge in [0.05, 0.1) is 10.2 Å². The monoisotopic (exact) mass is 339 g/mol. The van der Waals surface area contributed by atoms with Crippen LogP contribution in [0.25, 0.3) is 0 Å². The maximum Gasteiger partial charge on any atom is 0.149 e. The van der Waals surface area contributed by atoms with Crippen molar-refractivity contribution in [2.45, 2.75) is 25.8 Å². The van der Waals surface area contributed by atoms with Crippen molar-refractivity contribution >= 4 is 21.6 Å². The van der Waals surface area contributed by atoms with Crippen LogP contribution < -0.4 is 5.32 Å². The number of anilines is 1. The first-order valence-corrected chi connectivity index (χ1v) is 7.30. The van der Waals surface area contributed by atoms with E-state index < -0.39 is 11.6 Å². The van der Waals surface area contributed by atoms with Crippen molar-refractivity contribution in [1.82, 2.24) is 0 Å². The molecular formula is C16H16BrF2N. The summed E-state index contributed by atoms with van der Waals surface area (Å²) >= 11 is 3.06. The van der Waals surface area contributed by atoms with Gasteiger partial charge in [0.15, 0.2) is 0 Å². The van der Waals surface area contributed by atoms with Crippen molar-refractivity contribution in [2.75, 3.05) is 5.32 Å². The molecule has 0 amide bonds. The van der Waals surface area contributed by atoms with Gasteiger partial charge in [-0.3, -0.25) is 0 Å². The van der Waals surface area contributed by atoms with E-state index in [1.54, 1.807) is 0 Å². The minimum absolute atomic E-state index is 0.0991. The Morgan fingerprint density at radius 2 is 1.80 bits per heavy atom. The highest BCUT2D eigenvalue weighted by atomic mass is 79.9. The number of benzene rings is 2. The van der Waals surface area contributed by atoms with E-state index >= 15 is 0 Å². The van der Waals surface area contributed by atoms with Gasteiger partial charge < -0.3 is 5.32 Å². The summed E-state index contributed by atoms with van der Waals surface area (Å²) in [5.41, 5.74) is 1.57. The van der Waals surface area contributed by atoms with E-state index in [4.69, 9.17) is 0 Å². The lowest BCUT2D eigenvalue weighted by atomic mass is 10.1. The summed E-state index contributed by atoms with van der Waals surface area (Å²) in [5.74, 6) is -1.16. The van der Waals surface area contributed by atoms with Gasteiger partial charge in [0, 0.05) is 12.1 Å². The summed E-state index contributed by atoms with van der Waals surface area (Å²) in [6.07, 6.45) is 1.79. The smallest absolute Gasteiger partial charge is 0.149 e. The van der Waals surface area contributed by atoms with E-state index in [1.165, 1.54) is 11.6 Å². The minimum atomic E-state index is -0.593. The van der Waals surface area contributed by atoms with Gasteiger partial charge in [-0.1, -0.05) is 30.3 Å². The van der Waals surface area contributed by atoms with Crippen molar-refractivity contribution < 1.29 is 8.78 Å². The van der Waals surface area contributed by atoms with Crippen LogP contribution in [-0.4, -0.2) is 6.04 Å². The molecular weight excluding hydrogens is 324 g/mol. The lowest BCUT2D eigenvalue weighted by Crippen LogP contribution is -2.17. The first kappa shape index (κ1) is 15.0. The maximum atomic E-state index is 13.6. The van der Waals surface area contributed by atoms with E-state index in [1.807, 2.05) is 25.1 Å². The molecule has 1 unspecified atom stereocenters. The van der Waals surface area contributed by atoms with Crippen molar-refractivity contribution in [3.8, 4) is 0 Å². The Hall–Kier alpha value is -1.42. The normalized spacial score (nSPS) is 12.2. The first-order chi connectivity index (χ1) is 9.56. The molecule has 0 fully saturated rings. The zero-order valence-electron chi connectivity index (χ0n) is 11.2. The lowest BCUT2D eigenvalue weighted by Gasteiger charge is -2.16. The molecule has 1 nitrogen and oxygen atoms in total. The van der Waals surface area contributed by atoms with E-state index in [-0.39, 0.29) is 10.5 Å². The van der Waals surface area contributed by atoms with Crippen molar-refractivity contribution in [2.24, 2.45) is 0 Å². The van der Waals surface area contributed by atoms with Crippen LogP contribution in [-0.2, 0) is 6.42 Å². The summed E-state index contributed by atoms with van der Waals surface area (Å²) in [4.78, 5) is 0. The summed E-state index contributed by atoms with van der Waals surface area (Å²) in [6.45, 7) is 1.99. The average molecular weight is 340 g/mol. The molecule has 0 aliphatic carbocycles. The predicted molar refractivity (Wildman–Crippen MR) is 81.9 cm³/mol. The number of hydrogen-bond donors (Lipinski definition) is 1. The fraction of sp³-hybridized carbons (Fsp3) is 0.250. The number of hydrogen-bond acceptors (Lipinski definition) is 1. The lowest BCUT2D eigenvalue weighted by molar-refractivity contribution is 0.577. The Balaban J connectivity index is 1.95. The van der Waals surface area contributed by atoms with E-state index in [9.17, 15) is 8.78 Å². The van der Waals surface area contributed by atoms with Crippen molar-refractivity contribution in [3.05, 3.63) is 64.1 Å². The molecule has 0 saturated carbocycles. The summed E-state index contributed by atoms with van der Waals surface area (Å²) < 4.78 is 27.0. The zero-order valence-corrected chi connectivity index (χ0v) is 12.8. The molecule has 1 atom stereocenters. The molecule has 0 spiro atoms. The van der Waals surface area contributed by atoms with Gasteiger partial charge in [0.1, 0.15) is 11.6 Å². The third-order valence-corrected chi connectivity index (χ3v) is 3.73. The molecule has 2 aromatic carbocycles. The summed E-state index contributed by atoms with van der Waals surface area (Å²) in [7, 11) is 0. The Bertz CT molecular complexity index is 572. The molecule has 106 valence electrons. The van der Waals surface area contributed by atoms with Crippen molar-refractivity contribution in [3.63, 3.8) is 0 Å². The Kier molecular flexibility index (Phi) is 5.12. The summed E-state index contributed by atoms with van der Waals surface area (Å²) in [5, 5.41) is 3.08. The third kappa shape index (κ3) is 4.04. The number of nitrogens with one attached hydrogen (secondary N) is 1. The molecule has 4 heteroatoms.